The fourth-order valence-electron chi connectivity index (χ4n) is 5.68. The Hall–Kier alpha value is -4.84. The Morgan fingerprint density at radius 2 is 1.98 bits per heavy atom. The van der Waals surface area contributed by atoms with Crippen LogP contribution in [-0.2, 0) is 16.0 Å². The number of fused-ring (bicyclic) bond motifs is 2. The maximum atomic E-state index is 15.1. The molecule has 2 atom stereocenters. The van der Waals surface area contributed by atoms with Crippen LogP contribution in [-0.4, -0.2) is 24.8 Å². The van der Waals surface area contributed by atoms with Gasteiger partial charge in [0, 0.05) is 34.2 Å². The molecule has 1 unspecified atom stereocenters. The average molecular weight is 555 g/mol. The number of esters is 1. The molecule has 6 rings (SSSR count). The van der Waals surface area contributed by atoms with Gasteiger partial charge in [-0.15, -0.1) is 0 Å². The first kappa shape index (κ1) is 26.4. The molecule has 1 aromatic heterocycles. The van der Waals surface area contributed by atoms with Crippen molar-refractivity contribution >= 4 is 5.97 Å². The number of carbonyl (C=O) groups is 1. The lowest BCUT2D eigenvalue weighted by Crippen LogP contribution is -2.09. The number of benzene rings is 3. The summed E-state index contributed by atoms with van der Waals surface area (Å²) >= 11 is 0. The van der Waals surface area contributed by atoms with Crippen molar-refractivity contribution < 1.29 is 32.7 Å². The van der Waals surface area contributed by atoms with Crippen molar-refractivity contribution in [2.24, 2.45) is 0 Å². The molecule has 2 heterocycles. The topological polar surface area (TPSA) is 104 Å². The van der Waals surface area contributed by atoms with E-state index >= 15 is 4.39 Å². The van der Waals surface area contributed by atoms with Crippen LogP contribution < -0.4 is 14.2 Å². The lowest BCUT2D eigenvalue weighted by molar-refractivity contribution is -0.141. The van der Waals surface area contributed by atoms with Crippen molar-refractivity contribution in [3.05, 3.63) is 88.1 Å². The molecule has 0 bridgehead atoms. The van der Waals surface area contributed by atoms with Gasteiger partial charge < -0.3 is 23.5 Å². The maximum Gasteiger partial charge on any atom is 0.306 e. The van der Waals surface area contributed by atoms with Crippen molar-refractivity contribution in [2.45, 2.75) is 45.1 Å². The predicted molar refractivity (Wildman–Crippen MR) is 146 cm³/mol. The Bertz CT molecular complexity index is 1690. The first-order valence-electron chi connectivity index (χ1n) is 13.3. The van der Waals surface area contributed by atoms with Gasteiger partial charge in [0.25, 0.3) is 0 Å². The molecule has 0 amide bonds. The highest BCUT2D eigenvalue weighted by Gasteiger charge is 2.32. The lowest BCUT2D eigenvalue weighted by atomic mass is 9.98. The Balaban J connectivity index is 1.24. The molecule has 9 heteroatoms. The molecule has 0 radical (unpaired) electrons. The van der Waals surface area contributed by atoms with Crippen LogP contribution in [0.4, 0.5) is 4.39 Å². The fourth-order valence-corrected chi connectivity index (χ4v) is 5.68. The molecule has 0 saturated carbocycles. The first-order chi connectivity index (χ1) is 19.9. The molecule has 1 aliphatic heterocycles. The molecule has 1 aliphatic carbocycles. The molecular formula is C32H27FN2O6. The maximum absolute atomic E-state index is 15.1. The quantitative estimate of drug-likeness (QED) is 0.228. The number of methoxy groups -OCH3 is 1. The van der Waals surface area contributed by atoms with Gasteiger partial charge >= 0.3 is 5.97 Å². The summed E-state index contributed by atoms with van der Waals surface area (Å²) < 4.78 is 43.4. The standard InChI is InChI=1S/C32H27FN2O6/c1-17-31(18(2)41-35-17)19-4-9-26(20(12-19)15-34)40-27-11-8-25(33)32-24(27)7-10-28(32)39-22-5-6-23-21(13-30(36)37-3)16-38-29(23)14-22/h4-6,8-9,11-12,14,21,28H,7,10,13,16H2,1-3H3/t21?,28-/m1/s1. The number of nitrogens with zero attached hydrogens (tertiary/aromatic N) is 2. The summed E-state index contributed by atoms with van der Waals surface area (Å²) in [6.45, 7) is 4.06. The SMILES string of the molecule is COC(=O)CC1COc2cc(O[C@@H]3CCc4c(Oc5ccc(-c6c(C)noc6C)cc5C#N)ccc(F)c43)ccc21. The van der Waals surface area contributed by atoms with Crippen LogP contribution in [0.2, 0.25) is 0 Å². The van der Waals surface area contributed by atoms with Gasteiger partial charge in [-0.25, -0.2) is 4.39 Å². The van der Waals surface area contributed by atoms with Crippen LogP contribution in [0.5, 0.6) is 23.0 Å². The Kier molecular flexibility index (Phi) is 6.83. The highest BCUT2D eigenvalue weighted by atomic mass is 19.1. The molecular weight excluding hydrogens is 527 g/mol. The minimum Gasteiger partial charge on any atom is -0.492 e. The number of hydrogen-bond acceptors (Lipinski definition) is 8. The van der Waals surface area contributed by atoms with E-state index < -0.39 is 6.10 Å². The van der Waals surface area contributed by atoms with Gasteiger partial charge in [0.1, 0.15) is 46.7 Å². The lowest BCUT2D eigenvalue weighted by Gasteiger charge is -2.17. The van der Waals surface area contributed by atoms with E-state index in [1.807, 2.05) is 32.0 Å². The van der Waals surface area contributed by atoms with Crippen LogP contribution in [0, 0.1) is 31.0 Å². The number of rotatable bonds is 7. The number of aromatic nitrogens is 1. The zero-order valence-electron chi connectivity index (χ0n) is 22.8. The van der Waals surface area contributed by atoms with Crippen LogP contribution in [0.15, 0.2) is 53.1 Å². The number of ether oxygens (including phenoxy) is 4. The normalized spacial score (nSPS) is 16.9. The molecule has 0 saturated heterocycles. The smallest absolute Gasteiger partial charge is 0.306 e. The van der Waals surface area contributed by atoms with Crippen molar-refractivity contribution in [3.63, 3.8) is 0 Å². The fraction of sp³-hybridized carbons (Fsp3) is 0.281. The summed E-state index contributed by atoms with van der Waals surface area (Å²) in [5.74, 6) is 1.98. The molecule has 0 N–H and O–H groups in total. The van der Waals surface area contributed by atoms with Crippen LogP contribution in [0.1, 0.15) is 58.6 Å². The monoisotopic (exact) mass is 554 g/mol. The summed E-state index contributed by atoms with van der Waals surface area (Å²) in [5, 5.41) is 13.9. The molecule has 0 fully saturated rings. The summed E-state index contributed by atoms with van der Waals surface area (Å²) in [7, 11) is 1.37. The van der Waals surface area contributed by atoms with Crippen LogP contribution in [0.25, 0.3) is 11.1 Å². The molecule has 208 valence electrons. The summed E-state index contributed by atoms with van der Waals surface area (Å²) in [6.07, 6.45) is 0.834. The number of carbonyl (C=O) groups excluding carboxylic acids is 1. The minimum absolute atomic E-state index is 0.0763. The minimum atomic E-state index is -0.517. The zero-order chi connectivity index (χ0) is 28.7. The van der Waals surface area contributed by atoms with E-state index in [1.165, 1.54) is 13.2 Å². The second-order valence-electron chi connectivity index (χ2n) is 10.2. The van der Waals surface area contributed by atoms with E-state index in [0.29, 0.717) is 64.9 Å². The number of hydrogen-bond donors (Lipinski definition) is 0. The third-order valence-electron chi connectivity index (χ3n) is 7.67. The number of halogens is 1. The van der Waals surface area contributed by atoms with E-state index in [-0.39, 0.29) is 24.1 Å². The van der Waals surface area contributed by atoms with Gasteiger partial charge in [-0.2, -0.15) is 5.26 Å². The van der Waals surface area contributed by atoms with Gasteiger partial charge in [-0.3, -0.25) is 4.79 Å². The van der Waals surface area contributed by atoms with E-state index in [0.717, 1.165) is 22.4 Å². The van der Waals surface area contributed by atoms with Crippen molar-refractivity contribution in [1.29, 1.82) is 5.26 Å². The van der Waals surface area contributed by atoms with Gasteiger partial charge in [-0.1, -0.05) is 17.3 Å². The summed E-state index contributed by atoms with van der Waals surface area (Å²) in [6, 6.07) is 16.0. The molecule has 2 aliphatic rings. The van der Waals surface area contributed by atoms with Crippen molar-refractivity contribution in [3.8, 4) is 40.2 Å². The average Bonchev–Trinajstić information content (AvgIpc) is 3.67. The van der Waals surface area contributed by atoms with Crippen LogP contribution >= 0.6 is 0 Å². The molecule has 41 heavy (non-hydrogen) atoms. The highest BCUT2D eigenvalue weighted by molar-refractivity contribution is 5.71. The van der Waals surface area contributed by atoms with Gasteiger partial charge in [0.2, 0.25) is 0 Å². The van der Waals surface area contributed by atoms with E-state index in [1.54, 1.807) is 24.3 Å². The van der Waals surface area contributed by atoms with E-state index in [4.69, 9.17) is 23.5 Å². The van der Waals surface area contributed by atoms with Crippen LogP contribution in [0.3, 0.4) is 0 Å². The second kappa shape index (κ2) is 10.6. The summed E-state index contributed by atoms with van der Waals surface area (Å²) in [5.41, 5.74) is 4.80. The van der Waals surface area contributed by atoms with Gasteiger partial charge in [0.05, 0.1) is 31.4 Å². The third-order valence-corrected chi connectivity index (χ3v) is 7.67. The Labute approximate surface area is 236 Å². The van der Waals surface area contributed by atoms with Gasteiger partial charge in [0.15, 0.2) is 0 Å². The van der Waals surface area contributed by atoms with Gasteiger partial charge in [-0.05, 0) is 62.6 Å². The largest absolute Gasteiger partial charge is 0.492 e. The molecule has 3 aromatic carbocycles. The Morgan fingerprint density at radius 1 is 1.15 bits per heavy atom. The molecule has 0 spiro atoms. The van der Waals surface area contributed by atoms with E-state index in [9.17, 15) is 10.1 Å². The second-order valence-corrected chi connectivity index (χ2v) is 10.2. The predicted octanol–water partition coefficient (Wildman–Crippen LogP) is 6.87. The third kappa shape index (κ3) is 4.86. The number of aryl methyl sites for hydroxylation is 2. The van der Waals surface area contributed by atoms with Crippen molar-refractivity contribution in [1.82, 2.24) is 5.16 Å². The first-order valence-corrected chi connectivity index (χ1v) is 13.3. The van der Waals surface area contributed by atoms with Crippen molar-refractivity contribution in [2.75, 3.05) is 13.7 Å². The Morgan fingerprint density at radius 3 is 2.73 bits per heavy atom. The molecule has 4 aromatic rings. The van der Waals surface area contributed by atoms with E-state index in [2.05, 4.69) is 11.2 Å². The zero-order valence-corrected chi connectivity index (χ0v) is 22.8. The number of nitriles is 1. The highest BCUT2D eigenvalue weighted by Crippen LogP contribution is 2.45. The molecule has 8 nitrogen and oxygen atoms in total. The summed E-state index contributed by atoms with van der Waals surface area (Å²) in [4.78, 5) is 11.7.